The molecule has 0 atom stereocenters. The number of aromatic carboxylic acids is 1. The second kappa shape index (κ2) is 3.97. The fourth-order valence-corrected chi connectivity index (χ4v) is 3.50. The molecule has 1 aliphatic heterocycles. The Kier molecular flexibility index (Phi) is 2.76. The average Bonchev–Trinajstić information content (AvgIpc) is 2.51. The third kappa shape index (κ3) is 1.85. The van der Waals surface area contributed by atoms with Crippen molar-refractivity contribution in [1.29, 1.82) is 0 Å². The van der Waals surface area contributed by atoms with Crippen molar-refractivity contribution in [3.05, 3.63) is 34.7 Å². The molecule has 6 heteroatoms. The maximum Gasteiger partial charge on any atom is 0.337 e. The van der Waals surface area contributed by atoms with Crippen molar-refractivity contribution < 1.29 is 23.1 Å². The molecule has 1 aliphatic rings. The van der Waals surface area contributed by atoms with Crippen molar-refractivity contribution in [2.45, 2.75) is 4.90 Å². The van der Waals surface area contributed by atoms with Gasteiger partial charge in [-0.15, -0.1) is 0 Å². The minimum absolute atomic E-state index is 0.134. The van der Waals surface area contributed by atoms with Crippen LogP contribution in [-0.2, 0) is 14.6 Å². The van der Waals surface area contributed by atoms with Gasteiger partial charge in [0.05, 0.1) is 17.1 Å². The zero-order valence-electron chi connectivity index (χ0n) is 9.00. The molecule has 17 heavy (non-hydrogen) atoms. The highest BCUT2D eigenvalue weighted by Crippen LogP contribution is 2.35. The molecule has 0 fully saturated rings. The summed E-state index contributed by atoms with van der Waals surface area (Å²) in [6.45, 7) is 0.134. The van der Waals surface area contributed by atoms with Crippen molar-refractivity contribution in [1.82, 2.24) is 0 Å². The van der Waals surface area contributed by atoms with Crippen molar-refractivity contribution in [3.63, 3.8) is 0 Å². The van der Waals surface area contributed by atoms with Gasteiger partial charge in [-0.2, -0.15) is 0 Å². The molecule has 0 saturated carbocycles. The molecule has 1 aromatic carbocycles. The SMILES string of the molecule is COCC1=CS(=O)(=O)c2c(C(=O)O)cccc21. The molecule has 0 aromatic heterocycles. The number of hydrogen-bond donors (Lipinski definition) is 1. The Balaban J connectivity index is 2.72. The van der Waals surface area contributed by atoms with Gasteiger partial charge in [0, 0.05) is 18.1 Å². The molecule has 1 heterocycles. The zero-order chi connectivity index (χ0) is 12.6. The fraction of sp³-hybridized carbons (Fsp3) is 0.182. The van der Waals surface area contributed by atoms with Crippen LogP contribution in [0.5, 0.6) is 0 Å². The zero-order valence-corrected chi connectivity index (χ0v) is 9.82. The lowest BCUT2D eigenvalue weighted by Gasteiger charge is -2.05. The monoisotopic (exact) mass is 254 g/mol. The number of methoxy groups -OCH3 is 1. The highest BCUT2D eigenvalue weighted by Gasteiger charge is 2.31. The molecule has 0 bridgehead atoms. The van der Waals surface area contributed by atoms with Crippen molar-refractivity contribution in [2.75, 3.05) is 13.7 Å². The summed E-state index contributed by atoms with van der Waals surface area (Å²) in [7, 11) is -2.22. The van der Waals surface area contributed by atoms with Crippen LogP contribution >= 0.6 is 0 Å². The molecule has 0 radical (unpaired) electrons. The maximum atomic E-state index is 11.9. The standard InChI is InChI=1S/C11H10O5S/c1-16-5-7-6-17(14,15)10-8(7)3-2-4-9(10)11(12)13/h2-4,6H,5H2,1H3,(H,12,13). The van der Waals surface area contributed by atoms with Gasteiger partial charge in [0.25, 0.3) is 0 Å². The van der Waals surface area contributed by atoms with E-state index in [4.69, 9.17) is 9.84 Å². The van der Waals surface area contributed by atoms with Crippen molar-refractivity contribution >= 4 is 21.4 Å². The number of carboxylic acids is 1. The average molecular weight is 254 g/mol. The number of ether oxygens (including phenoxy) is 1. The normalized spacial score (nSPS) is 16.4. The van der Waals surface area contributed by atoms with E-state index in [1.54, 1.807) is 6.07 Å². The van der Waals surface area contributed by atoms with Crippen molar-refractivity contribution in [3.8, 4) is 0 Å². The molecule has 0 amide bonds. The second-order valence-electron chi connectivity index (χ2n) is 3.61. The van der Waals surface area contributed by atoms with Gasteiger partial charge in [-0.05, 0) is 11.6 Å². The number of rotatable bonds is 3. The Bertz CT molecular complexity index is 613. The maximum absolute atomic E-state index is 11.9. The lowest BCUT2D eigenvalue weighted by Crippen LogP contribution is -2.06. The predicted octanol–water partition coefficient (Wildman–Crippen LogP) is 1.16. The van der Waals surface area contributed by atoms with Crippen LogP contribution in [0.2, 0.25) is 0 Å². The van der Waals surface area contributed by atoms with Crippen LogP contribution in [0, 0.1) is 0 Å². The molecule has 0 spiro atoms. The summed E-state index contributed by atoms with van der Waals surface area (Å²) in [4.78, 5) is 10.9. The molecular formula is C11H10O5S. The minimum atomic E-state index is -3.68. The molecule has 0 unspecified atom stereocenters. The number of sulfone groups is 1. The van der Waals surface area contributed by atoms with Gasteiger partial charge in [0.2, 0.25) is 9.84 Å². The molecule has 2 rings (SSSR count). The van der Waals surface area contributed by atoms with Gasteiger partial charge < -0.3 is 9.84 Å². The van der Waals surface area contributed by atoms with Gasteiger partial charge in [-0.1, -0.05) is 12.1 Å². The van der Waals surface area contributed by atoms with Crippen molar-refractivity contribution in [2.24, 2.45) is 0 Å². The predicted molar refractivity (Wildman–Crippen MR) is 60.4 cm³/mol. The molecule has 1 N–H and O–H groups in total. The van der Waals surface area contributed by atoms with E-state index in [9.17, 15) is 13.2 Å². The first-order chi connectivity index (χ1) is 7.97. The molecule has 5 nitrogen and oxygen atoms in total. The van der Waals surface area contributed by atoms with E-state index in [-0.39, 0.29) is 17.1 Å². The van der Waals surface area contributed by atoms with Crippen LogP contribution in [0.3, 0.4) is 0 Å². The van der Waals surface area contributed by atoms with Crippen LogP contribution in [0.25, 0.3) is 5.57 Å². The first-order valence-corrected chi connectivity index (χ1v) is 6.33. The summed E-state index contributed by atoms with van der Waals surface area (Å²) in [5.41, 5.74) is 0.683. The van der Waals surface area contributed by atoms with Crippen LogP contribution in [0.15, 0.2) is 28.5 Å². The smallest absolute Gasteiger partial charge is 0.337 e. The number of hydrogen-bond acceptors (Lipinski definition) is 4. The summed E-state index contributed by atoms with van der Waals surface area (Å²) in [5, 5.41) is 10.0. The summed E-state index contributed by atoms with van der Waals surface area (Å²) < 4.78 is 28.6. The second-order valence-corrected chi connectivity index (χ2v) is 5.34. The van der Waals surface area contributed by atoms with E-state index in [1.165, 1.54) is 19.2 Å². The van der Waals surface area contributed by atoms with Crippen LogP contribution < -0.4 is 0 Å². The lowest BCUT2D eigenvalue weighted by atomic mass is 10.1. The number of fused-ring (bicyclic) bond motifs is 1. The molecule has 90 valence electrons. The first-order valence-electron chi connectivity index (χ1n) is 4.78. The van der Waals surface area contributed by atoms with E-state index in [1.807, 2.05) is 0 Å². The molecular weight excluding hydrogens is 244 g/mol. The number of carboxylic acid groups (broad SMARTS) is 1. The van der Waals surface area contributed by atoms with Gasteiger partial charge >= 0.3 is 5.97 Å². The number of carbonyl (C=O) groups is 1. The van der Waals surface area contributed by atoms with Gasteiger partial charge in [-0.25, -0.2) is 13.2 Å². The van der Waals surface area contributed by atoms with E-state index >= 15 is 0 Å². The summed E-state index contributed by atoms with van der Waals surface area (Å²) in [6.07, 6.45) is 0. The van der Waals surface area contributed by atoms with E-state index < -0.39 is 15.8 Å². The Labute approximate surface area is 98.3 Å². The Morgan fingerprint density at radius 2 is 2.12 bits per heavy atom. The Morgan fingerprint density at radius 1 is 1.41 bits per heavy atom. The van der Waals surface area contributed by atoms with Crippen LogP contribution in [-0.4, -0.2) is 33.2 Å². The van der Waals surface area contributed by atoms with E-state index in [0.717, 1.165) is 5.41 Å². The molecule has 0 saturated heterocycles. The third-order valence-electron chi connectivity index (χ3n) is 2.47. The van der Waals surface area contributed by atoms with Gasteiger partial charge in [-0.3, -0.25) is 0 Å². The Hall–Kier alpha value is -1.66. The first kappa shape index (κ1) is 11.8. The summed E-state index contributed by atoms with van der Waals surface area (Å²) >= 11 is 0. The lowest BCUT2D eigenvalue weighted by molar-refractivity contribution is 0.0692. The summed E-state index contributed by atoms with van der Waals surface area (Å²) in [6, 6.07) is 4.38. The largest absolute Gasteiger partial charge is 0.478 e. The Morgan fingerprint density at radius 3 is 2.71 bits per heavy atom. The van der Waals surface area contributed by atoms with E-state index in [0.29, 0.717) is 11.1 Å². The van der Waals surface area contributed by atoms with E-state index in [2.05, 4.69) is 0 Å². The highest BCUT2D eigenvalue weighted by atomic mass is 32.2. The molecule has 1 aromatic rings. The third-order valence-corrected chi connectivity index (χ3v) is 4.08. The van der Waals surface area contributed by atoms with Gasteiger partial charge in [0.15, 0.2) is 0 Å². The van der Waals surface area contributed by atoms with Crippen LogP contribution in [0.1, 0.15) is 15.9 Å². The fourth-order valence-electron chi connectivity index (χ4n) is 1.84. The summed E-state index contributed by atoms with van der Waals surface area (Å²) in [5.74, 6) is -1.25. The van der Waals surface area contributed by atoms with Crippen LogP contribution in [0.4, 0.5) is 0 Å². The quantitative estimate of drug-likeness (QED) is 0.875. The highest BCUT2D eigenvalue weighted by molar-refractivity contribution is 7.95. The minimum Gasteiger partial charge on any atom is -0.478 e. The topological polar surface area (TPSA) is 80.7 Å². The van der Waals surface area contributed by atoms with Gasteiger partial charge in [0.1, 0.15) is 0 Å². The molecule has 0 aliphatic carbocycles. The number of benzene rings is 1.